The van der Waals surface area contributed by atoms with Crippen LogP contribution in [0.2, 0.25) is 0 Å². The SMILES string of the molecule is CCC(=O)[C@H]1N(C(C)=O)CSC1(C)C. The van der Waals surface area contributed by atoms with Gasteiger partial charge in [-0.15, -0.1) is 11.8 Å². The predicted octanol–water partition coefficient (Wildman–Crippen LogP) is 1.67. The monoisotopic (exact) mass is 215 g/mol. The molecule has 1 aliphatic heterocycles. The van der Waals surface area contributed by atoms with Crippen molar-refractivity contribution < 1.29 is 9.59 Å². The van der Waals surface area contributed by atoms with Crippen LogP contribution in [0.1, 0.15) is 34.1 Å². The molecule has 3 nitrogen and oxygen atoms in total. The molecule has 1 atom stereocenters. The van der Waals surface area contributed by atoms with Crippen LogP contribution in [-0.2, 0) is 9.59 Å². The first-order valence-electron chi connectivity index (χ1n) is 4.84. The molecule has 0 aromatic rings. The Morgan fingerprint density at radius 3 is 2.50 bits per heavy atom. The molecule has 1 rings (SSSR count). The van der Waals surface area contributed by atoms with E-state index in [1.165, 1.54) is 6.92 Å². The Morgan fingerprint density at radius 1 is 1.50 bits per heavy atom. The minimum absolute atomic E-state index is 0.00475. The second kappa shape index (κ2) is 3.93. The highest BCUT2D eigenvalue weighted by molar-refractivity contribution is 8.00. The summed E-state index contributed by atoms with van der Waals surface area (Å²) in [6, 6.07) is -0.241. The second-order valence-corrected chi connectivity index (χ2v) is 5.69. The summed E-state index contributed by atoms with van der Waals surface area (Å²) < 4.78 is -0.140. The molecule has 0 unspecified atom stereocenters. The molecule has 0 aromatic carbocycles. The van der Waals surface area contributed by atoms with Crippen molar-refractivity contribution in [1.82, 2.24) is 4.90 Å². The number of nitrogens with zero attached hydrogens (tertiary/aromatic N) is 1. The normalized spacial score (nSPS) is 25.1. The molecule has 1 heterocycles. The number of hydrogen-bond donors (Lipinski definition) is 0. The number of amides is 1. The molecule has 0 aromatic heterocycles. The van der Waals surface area contributed by atoms with Crippen LogP contribution in [0.5, 0.6) is 0 Å². The third kappa shape index (κ3) is 1.95. The molecule has 0 bridgehead atoms. The molecule has 80 valence electrons. The van der Waals surface area contributed by atoms with Crippen molar-refractivity contribution in [3.05, 3.63) is 0 Å². The molecule has 1 saturated heterocycles. The fourth-order valence-electron chi connectivity index (χ4n) is 1.79. The summed E-state index contributed by atoms with van der Waals surface area (Å²) in [5.74, 6) is 0.795. The van der Waals surface area contributed by atoms with Crippen molar-refractivity contribution in [3.63, 3.8) is 0 Å². The molecule has 4 heteroatoms. The van der Waals surface area contributed by atoms with E-state index < -0.39 is 0 Å². The molecule has 1 aliphatic rings. The predicted molar refractivity (Wildman–Crippen MR) is 58.1 cm³/mol. The highest BCUT2D eigenvalue weighted by atomic mass is 32.2. The topological polar surface area (TPSA) is 37.4 Å². The zero-order valence-electron chi connectivity index (χ0n) is 9.16. The Hall–Kier alpha value is -0.510. The summed E-state index contributed by atoms with van der Waals surface area (Å²) in [6.45, 7) is 7.43. The van der Waals surface area contributed by atoms with Gasteiger partial charge in [0.15, 0.2) is 5.78 Å². The van der Waals surface area contributed by atoms with Crippen LogP contribution < -0.4 is 0 Å². The maximum atomic E-state index is 11.7. The van der Waals surface area contributed by atoms with Gasteiger partial charge in [0.2, 0.25) is 5.91 Å². The highest BCUT2D eigenvalue weighted by Crippen LogP contribution is 2.39. The van der Waals surface area contributed by atoms with Gasteiger partial charge in [-0.3, -0.25) is 9.59 Å². The van der Waals surface area contributed by atoms with Crippen molar-refractivity contribution >= 4 is 23.5 Å². The zero-order chi connectivity index (χ0) is 10.9. The minimum atomic E-state index is -0.241. The molecular weight excluding hydrogens is 198 g/mol. The molecule has 0 aliphatic carbocycles. The quantitative estimate of drug-likeness (QED) is 0.703. The number of rotatable bonds is 2. The number of ketones is 1. The summed E-state index contributed by atoms with van der Waals surface area (Å²) in [5.41, 5.74) is 0. The molecule has 14 heavy (non-hydrogen) atoms. The second-order valence-electron chi connectivity index (χ2n) is 4.09. The summed E-state index contributed by atoms with van der Waals surface area (Å²) in [4.78, 5) is 24.7. The van der Waals surface area contributed by atoms with Crippen molar-refractivity contribution in [2.45, 2.75) is 44.9 Å². The van der Waals surface area contributed by atoms with E-state index in [0.717, 1.165) is 0 Å². The van der Waals surface area contributed by atoms with Gasteiger partial charge in [-0.1, -0.05) is 6.92 Å². The van der Waals surface area contributed by atoms with Crippen molar-refractivity contribution in [3.8, 4) is 0 Å². The third-order valence-corrected chi connectivity index (χ3v) is 3.98. The van der Waals surface area contributed by atoms with Crippen molar-refractivity contribution in [1.29, 1.82) is 0 Å². The Morgan fingerprint density at radius 2 is 2.07 bits per heavy atom. The van der Waals surface area contributed by atoms with Crippen molar-refractivity contribution in [2.24, 2.45) is 0 Å². The third-order valence-electron chi connectivity index (χ3n) is 2.60. The van der Waals surface area contributed by atoms with Crippen LogP contribution >= 0.6 is 11.8 Å². The fourth-order valence-corrected chi connectivity index (χ4v) is 3.01. The lowest BCUT2D eigenvalue weighted by molar-refractivity contribution is -0.136. The first-order chi connectivity index (χ1) is 6.40. The lowest BCUT2D eigenvalue weighted by atomic mass is 9.96. The van der Waals surface area contributed by atoms with E-state index in [0.29, 0.717) is 12.3 Å². The Kier molecular flexibility index (Phi) is 3.24. The van der Waals surface area contributed by atoms with E-state index in [-0.39, 0.29) is 22.5 Å². The largest absolute Gasteiger partial charge is 0.322 e. The molecular formula is C10H17NO2S. The standard InChI is InChI=1S/C10H17NO2S/c1-5-8(13)9-10(3,4)14-6-11(9)7(2)12/h9H,5-6H2,1-4H3/t9-/m1/s1. The first kappa shape index (κ1) is 11.6. The van der Waals surface area contributed by atoms with Gasteiger partial charge >= 0.3 is 0 Å². The summed E-state index contributed by atoms with van der Waals surface area (Å²) >= 11 is 1.67. The summed E-state index contributed by atoms with van der Waals surface area (Å²) in [6.07, 6.45) is 0.498. The first-order valence-corrected chi connectivity index (χ1v) is 5.82. The van der Waals surface area contributed by atoms with Crippen LogP contribution in [0.3, 0.4) is 0 Å². The lowest BCUT2D eigenvalue weighted by Gasteiger charge is -2.29. The zero-order valence-corrected chi connectivity index (χ0v) is 9.98. The summed E-state index contributed by atoms with van der Waals surface area (Å²) in [7, 11) is 0. The molecule has 1 fully saturated rings. The van der Waals surface area contributed by atoms with E-state index >= 15 is 0 Å². The van der Waals surface area contributed by atoms with Gasteiger partial charge in [0.25, 0.3) is 0 Å². The number of carbonyl (C=O) groups excluding carboxylic acids is 2. The molecule has 0 N–H and O–H groups in total. The van der Waals surface area contributed by atoms with E-state index in [9.17, 15) is 9.59 Å². The smallest absolute Gasteiger partial charge is 0.220 e. The van der Waals surface area contributed by atoms with E-state index in [2.05, 4.69) is 0 Å². The van der Waals surface area contributed by atoms with Crippen LogP contribution in [0.4, 0.5) is 0 Å². The van der Waals surface area contributed by atoms with Crippen LogP contribution in [0, 0.1) is 0 Å². The number of carbonyl (C=O) groups is 2. The van der Waals surface area contributed by atoms with Crippen LogP contribution in [-0.4, -0.2) is 33.3 Å². The van der Waals surface area contributed by atoms with Crippen LogP contribution in [0.25, 0.3) is 0 Å². The minimum Gasteiger partial charge on any atom is -0.322 e. The number of hydrogen-bond acceptors (Lipinski definition) is 3. The maximum Gasteiger partial charge on any atom is 0.220 e. The highest BCUT2D eigenvalue weighted by Gasteiger charge is 2.45. The van der Waals surface area contributed by atoms with E-state index in [1.54, 1.807) is 16.7 Å². The lowest BCUT2D eigenvalue weighted by Crippen LogP contribution is -2.47. The molecule has 0 spiro atoms. The maximum absolute atomic E-state index is 11.7. The fraction of sp³-hybridized carbons (Fsp3) is 0.800. The van der Waals surface area contributed by atoms with Gasteiger partial charge in [-0.2, -0.15) is 0 Å². The average molecular weight is 215 g/mol. The molecule has 0 radical (unpaired) electrons. The number of thioether (sulfide) groups is 1. The average Bonchev–Trinajstić information content (AvgIpc) is 2.40. The Labute approximate surface area is 89.2 Å². The van der Waals surface area contributed by atoms with Gasteiger partial charge in [0.1, 0.15) is 6.04 Å². The number of Topliss-reactive ketones (excluding diaryl/α,β-unsaturated/α-hetero) is 1. The van der Waals surface area contributed by atoms with E-state index in [1.807, 2.05) is 20.8 Å². The van der Waals surface area contributed by atoms with Crippen molar-refractivity contribution in [2.75, 3.05) is 5.88 Å². The van der Waals surface area contributed by atoms with Gasteiger partial charge in [0, 0.05) is 18.1 Å². The van der Waals surface area contributed by atoms with E-state index in [4.69, 9.17) is 0 Å². The summed E-state index contributed by atoms with van der Waals surface area (Å²) in [5, 5.41) is 0. The van der Waals surface area contributed by atoms with Gasteiger partial charge in [-0.25, -0.2) is 0 Å². The van der Waals surface area contributed by atoms with Crippen LogP contribution in [0.15, 0.2) is 0 Å². The Balaban J connectivity index is 2.92. The van der Waals surface area contributed by atoms with Gasteiger partial charge < -0.3 is 4.90 Å². The van der Waals surface area contributed by atoms with Gasteiger partial charge in [0.05, 0.1) is 5.88 Å². The van der Waals surface area contributed by atoms with Gasteiger partial charge in [-0.05, 0) is 13.8 Å². The molecule has 1 amide bonds. The Bertz CT molecular complexity index is 263. The molecule has 0 saturated carbocycles.